The molecule has 3 heteroatoms. The zero-order chi connectivity index (χ0) is 11.7. The van der Waals surface area contributed by atoms with Crippen LogP contribution in [0.3, 0.4) is 0 Å². The predicted molar refractivity (Wildman–Crippen MR) is 68.1 cm³/mol. The second-order valence-corrected chi connectivity index (χ2v) is 4.90. The summed E-state index contributed by atoms with van der Waals surface area (Å²) in [6.45, 7) is 3.39. The largest absolute Gasteiger partial charge is 0.367 e. The molecule has 1 fully saturated rings. The van der Waals surface area contributed by atoms with E-state index in [2.05, 4.69) is 28.4 Å². The summed E-state index contributed by atoms with van der Waals surface area (Å²) in [6, 6.07) is 9.01. The van der Waals surface area contributed by atoms with Gasteiger partial charge in [-0.3, -0.25) is 0 Å². The van der Waals surface area contributed by atoms with Crippen LogP contribution in [-0.4, -0.2) is 25.7 Å². The van der Waals surface area contributed by atoms with Crippen LogP contribution in [-0.2, 0) is 6.42 Å². The molecule has 0 aliphatic carbocycles. The summed E-state index contributed by atoms with van der Waals surface area (Å²) < 4.78 is 0. The smallest absolute Gasteiger partial charge is 0.0991 e. The fourth-order valence-corrected chi connectivity index (χ4v) is 2.98. The van der Waals surface area contributed by atoms with Crippen molar-refractivity contribution in [2.75, 3.05) is 24.5 Å². The Kier molecular flexibility index (Phi) is 2.74. The van der Waals surface area contributed by atoms with E-state index in [0.717, 1.165) is 31.6 Å². The highest BCUT2D eigenvalue weighted by Gasteiger charge is 2.26. The van der Waals surface area contributed by atoms with Gasteiger partial charge >= 0.3 is 0 Å². The molecule has 0 radical (unpaired) electrons. The molecular formula is C14H17N3. The quantitative estimate of drug-likeness (QED) is 0.793. The van der Waals surface area contributed by atoms with Gasteiger partial charge in [0.1, 0.15) is 0 Å². The van der Waals surface area contributed by atoms with Gasteiger partial charge in [0.05, 0.1) is 11.6 Å². The number of hydrogen-bond acceptors (Lipinski definition) is 3. The monoisotopic (exact) mass is 227 g/mol. The lowest BCUT2D eigenvalue weighted by Crippen LogP contribution is -2.40. The first-order valence-electron chi connectivity index (χ1n) is 6.39. The standard InChI is InChI=1S/C14H17N3/c15-9-11-3-4-14-12(8-11)2-1-7-17(14)13-5-6-16-10-13/h3-4,8,13,16H,1-2,5-7,10H2. The van der Waals surface area contributed by atoms with Crippen LogP contribution in [0.2, 0.25) is 0 Å². The molecule has 2 aliphatic rings. The molecule has 0 spiro atoms. The fourth-order valence-electron chi connectivity index (χ4n) is 2.98. The molecule has 88 valence electrons. The molecule has 17 heavy (non-hydrogen) atoms. The van der Waals surface area contributed by atoms with Crippen LogP contribution < -0.4 is 10.2 Å². The van der Waals surface area contributed by atoms with Crippen LogP contribution in [0.4, 0.5) is 5.69 Å². The molecule has 3 rings (SSSR count). The molecule has 3 nitrogen and oxygen atoms in total. The van der Waals surface area contributed by atoms with Gasteiger partial charge in [0.25, 0.3) is 0 Å². The van der Waals surface area contributed by atoms with Crippen LogP contribution in [0.1, 0.15) is 24.0 Å². The van der Waals surface area contributed by atoms with Crippen molar-refractivity contribution in [2.24, 2.45) is 0 Å². The molecular weight excluding hydrogens is 210 g/mol. The van der Waals surface area contributed by atoms with E-state index in [4.69, 9.17) is 5.26 Å². The highest BCUT2D eigenvalue weighted by Crippen LogP contribution is 2.30. The number of nitrogens with zero attached hydrogens (tertiary/aromatic N) is 2. The second-order valence-electron chi connectivity index (χ2n) is 4.90. The van der Waals surface area contributed by atoms with Crippen molar-refractivity contribution >= 4 is 5.69 Å². The maximum Gasteiger partial charge on any atom is 0.0991 e. The van der Waals surface area contributed by atoms with E-state index in [1.54, 1.807) is 0 Å². The lowest BCUT2D eigenvalue weighted by Gasteiger charge is -2.36. The number of rotatable bonds is 1. The first-order chi connectivity index (χ1) is 8.38. The van der Waals surface area contributed by atoms with E-state index < -0.39 is 0 Å². The van der Waals surface area contributed by atoms with Gasteiger partial charge in [-0.25, -0.2) is 0 Å². The maximum absolute atomic E-state index is 8.94. The van der Waals surface area contributed by atoms with Crippen molar-refractivity contribution in [1.82, 2.24) is 5.32 Å². The topological polar surface area (TPSA) is 39.1 Å². The van der Waals surface area contributed by atoms with Gasteiger partial charge in [0.15, 0.2) is 0 Å². The molecule has 0 amide bonds. The zero-order valence-corrected chi connectivity index (χ0v) is 9.95. The summed E-state index contributed by atoms with van der Waals surface area (Å²) >= 11 is 0. The molecule has 1 N–H and O–H groups in total. The van der Waals surface area contributed by atoms with Gasteiger partial charge in [-0.1, -0.05) is 0 Å². The van der Waals surface area contributed by atoms with E-state index in [1.165, 1.54) is 24.1 Å². The van der Waals surface area contributed by atoms with Crippen LogP contribution >= 0.6 is 0 Å². The molecule has 2 heterocycles. The molecule has 0 bridgehead atoms. The second kappa shape index (κ2) is 4.38. The Balaban J connectivity index is 1.94. The van der Waals surface area contributed by atoms with Gasteiger partial charge in [-0.2, -0.15) is 5.26 Å². The van der Waals surface area contributed by atoms with E-state index in [-0.39, 0.29) is 0 Å². The highest BCUT2D eigenvalue weighted by atomic mass is 15.2. The Hall–Kier alpha value is -1.53. The molecule has 1 saturated heterocycles. The van der Waals surface area contributed by atoms with Crippen molar-refractivity contribution in [3.8, 4) is 6.07 Å². The molecule has 1 atom stereocenters. The van der Waals surface area contributed by atoms with E-state index >= 15 is 0 Å². The summed E-state index contributed by atoms with van der Waals surface area (Å²) in [6.07, 6.45) is 3.55. The van der Waals surface area contributed by atoms with Crippen molar-refractivity contribution in [1.29, 1.82) is 5.26 Å². The summed E-state index contributed by atoms with van der Waals surface area (Å²) in [7, 11) is 0. The number of benzene rings is 1. The third kappa shape index (κ3) is 1.89. The average Bonchev–Trinajstić information content (AvgIpc) is 2.91. The number of anilines is 1. The van der Waals surface area contributed by atoms with Gasteiger partial charge in [0.2, 0.25) is 0 Å². The van der Waals surface area contributed by atoms with E-state index in [1.807, 2.05) is 6.07 Å². The van der Waals surface area contributed by atoms with Gasteiger partial charge in [-0.15, -0.1) is 0 Å². The number of nitrogens with one attached hydrogen (secondary N) is 1. The molecule has 0 aromatic heterocycles. The zero-order valence-electron chi connectivity index (χ0n) is 9.95. The first-order valence-corrected chi connectivity index (χ1v) is 6.39. The Labute approximate surface area is 102 Å². The van der Waals surface area contributed by atoms with Crippen molar-refractivity contribution in [2.45, 2.75) is 25.3 Å². The summed E-state index contributed by atoms with van der Waals surface area (Å²) in [5.74, 6) is 0. The van der Waals surface area contributed by atoms with Crippen molar-refractivity contribution < 1.29 is 0 Å². The number of nitriles is 1. The Morgan fingerprint density at radius 1 is 1.41 bits per heavy atom. The van der Waals surface area contributed by atoms with Gasteiger partial charge in [-0.05, 0) is 49.6 Å². The Morgan fingerprint density at radius 2 is 2.35 bits per heavy atom. The minimum absolute atomic E-state index is 0.641. The summed E-state index contributed by atoms with van der Waals surface area (Å²) in [5, 5.41) is 12.4. The minimum Gasteiger partial charge on any atom is -0.367 e. The van der Waals surface area contributed by atoms with Gasteiger partial charge < -0.3 is 10.2 Å². The number of fused-ring (bicyclic) bond motifs is 1. The predicted octanol–water partition coefficient (Wildman–Crippen LogP) is 1.67. The molecule has 1 unspecified atom stereocenters. The Bertz CT molecular complexity index is 455. The molecule has 0 saturated carbocycles. The maximum atomic E-state index is 8.94. The first kappa shape index (κ1) is 10.6. The van der Waals surface area contributed by atoms with Crippen LogP contribution in [0.5, 0.6) is 0 Å². The number of hydrogen-bond donors (Lipinski definition) is 1. The van der Waals surface area contributed by atoms with Crippen LogP contribution in [0, 0.1) is 11.3 Å². The SMILES string of the molecule is N#Cc1ccc2c(c1)CCCN2C1CCNC1. The lowest BCUT2D eigenvalue weighted by atomic mass is 9.98. The summed E-state index contributed by atoms with van der Waals surface area (Å²) in [5.41, 5.74) is 3.49. The molecule has 1 aromatic rings. The van der Waals surface area contributed by atoms with E-state index in [9.17, 15) is 0 Å². The number of aryl methyl sites for hydroxylation is 1. The van der Waals surface area contributed by atoms with Crippen molar-refractivity contribution in [3.05, 3.63) is 29.3 Å². The highest BCUT2D eigenvalue weighted by molar-refractivity contribution is 5.59. The van der Waals surface area contributed by atoms with Crippen LogP contribution in [0.15, 0.2) is 18.2 Å². The normalized spacial score (nSPS) is 23.2. The minimum atomic E-state index is 0.641. The average molecular weight is 227 g/mol. The fraction of sp³-hybridized carbons (Fsp3) is 0.500. The molecule has 2 aliphatic heterocycles. The lowest BCUT2D eigenvalue weighted by molar-refractivity contribution is 0.591. The van der Waals surface area contributed by atoms with E-state index in [0.29, 0.717) is 6.04 Å². The third-order valence-electron chi connectivity index (χ3n) is 3.84. The molecule has 1 aromatic carbocycles. The van der Waals surface area contributed by atoms with Crippen molar-refractivity contribution in [3.63, 3.8) is 0 Å². The third-order valence-corrected chi connectivity index (χ3v) is 3.84. The summed E-state index contributed by atoms with van der Waals surface area (Å²) in [4.78, 5) is 2.53. The van der Waals surface area contributed by atoms with Gasteiger partial charge in [0, 0.05) is 24.8 Å². The Morgan fingerprint density at radius 3 is 3.12 bits per heavy atom. The van der Waals surface area contributed by atoms with Crippen LogP contribution in [0.25, 0.3) is 0 Å².